The highest BCUT2D eigenvalue weighted by molar-refractivity contribution is 7.98. The molecule has 2 atom stereocenters. The van der Waals surface area contributed by atoms with Crippen LogP contribution in [0.1, 0.15) is 41.8 Å². The molecule has 1 aliphatic heterocycles. The summed E-state index contributed by atoms with van der Waals surface area (Å²) in [5, 5.41) is 5.57. The Bertz CT molecular complexity index is 1070. The molecule has 1 heterocycles. The average Bonchev–Trinajstić information content (AvgIpc) is 3.17. The van der Waals surface area contributed by atoms with Crippen molar-refractivity contribution in [2.75, 3.05) is 18.6 Å². The van der Waals surface area contributed by atoms with Gasteiger partial charge >= 0.3 is 0 Å². The minimum atomic E-state index is -0.597. The highest BCUT2D eigenvalue weighted by Crippen LogP contribution is 2.41. The maximum atomic E-state index is 14.7. The number of ketones is 1. The number of Topliss-reactive ketones (excluding diaryl/α,β-unsaturated/α-hetero) is 1. The largest absolute Gasteiger partial charge is 0.487 e. The van der Waals surface area contributed by atoms with Crippen LogP contribution in [0.25, 0.3) is 11.1 Å². The van der Waals surface area contributed by atoms with Crippen molar-refractivity contribution in [1.29, 1.82) is 0 Å². The number of halogens is 1. The van der Waals surface area contributed by atoms with E-state index in [1.807, 2.05) is 25.3 Å². The molecule has 0 aliphatic carbocycles. The quantitative estimate of drug-likeness (QED) is 0.544. The second-order valence-corrected chi connectivity index (χ2v) is 9.26. The highest BCUT2D eigenvalue weighted by atomic mass is 32.2. The van der Waals surface area contributed by atoms with Crippen LogP contribution in [0, 0.1) is 12.7 Å². The maximum absolute atomic E-state index is 14.7. The van der Waals surface area contributed by atoms with E-state index in [9.17, 15) is 18.8 Å². The van der Waals surface area contributed by atoms with E-state index in [0.717, 1.165) is 16.9 Å². The Morgan fingerprint density at radius 1 is 1.18 bits per heavy atom. The summed E-state index contributed by atoms with van der Waals surface area (Å²) in [5.74, 6) is 0.237. The van der Waals surface area contributed by atoms with Gasteiger partial charge in [-0.3, -0.25) is 14.4 Å². The fourth-order valence-corrected chi connectivity index (χ4v) is 4.42. The molecular formula is C25H29FN2O4S. The van der Waals surface area contributed by atoms with Crippen molar-refractivity contribution >= 4 is 29.4 Å². The minimum absolute atomic E-state index is 0.141. The molecule has 0 unspecified atom stereocenters. The van der Waals surface area contributed by atoms with E-state index >= 15 is 0 Å². The summed E-state index contributed by atoms with van der Waals surface area (Å²) < 4.78 is 20.8. The number of carbonyl (C=O) groups is 3. The molecule has 1 aliphatic rings. The zero-order valence-electron chi connectivity index (χ0n) is 19.3. The Hall–Kier alpha value is -2.87. The smallest absolute Gasteiger partial charge is 0.242 e. The van der Waals surface area contributed by atoms with Crippen molar-refractivity contribution in [1.82, 2.24) is 10.6 Å². The van der Waals surface area contributed by atoms with Crippen molar-refractivity contribution in [3.63, 3.8) is 0 Å². The number of hydrogen-bond donors (Lipinski definition) is 2. The van der Waals surface area contributed by atoms with Gasteiger partial charge in [-0.1, -0.05) is 6.07 Å². The summed E-state index contributed by atoms with van der Waals surface area (Å²) >= 11 is 1.61. The third-order valence-corrected chi connectivity index (χ3v) is 6.16. The molecule has 0 saturated carbocycles. The van der Waals surface area contributed by atoms with Gasteiger partial charge in [-0.05, 0) is 67.7 Å². The van der Waals surface area contributed by atoms with Crippen LogP contribution in [0.5, 0.6) is 5.75 Å². The number of hydrogen-bond acceptors (Lipinski definition) is 5. The van der Waals surface area contributed by atoms with Crippen LogP contribution < -0.4 is 15.4 Å². The first-order valence-electron chi connectivity index (χ1n) is 10.8. The number of aryl methyl sites for hydroxylation is 1. The molecule has 2 aromatic rings. The van der Waals surface area contributed by atoms with E-state index in [4.69, 9.17) is 4.74 Å². The summed E-state index contributed by atoms with van der Waals surface area (Å²) in [5.41, 5.74) is 3.22. The second-order valence-electron chi connectivity index (χ2n) is 8.28. The monoisotopic (exact) mass is 472 g/mol. The van der Waals surface area contributed by atoms with Crippen LogP contribution in [0.3, 0.4) is 0 Å². The lowest BCUT2D eigenvalue weighted by atomic mass is 9.95. The molecule has 0 bridgehead atoms. The van der Waals surface area contributed by atoms with Gasteiger partial charge in [-0.25, -0.2) is 4.39 Å². The molecule has 3 rings (SSSR count). The van der Waals surface area contributed by atoms with E-state index in [2.05, 4.69) is 10.6 Å². The van der Waals surface area contributed by atoms with Crippen LogP contribution >= 0.6 is 11.8 Å². The van der Waals surface area contributed by atoms with E-state index in [1.165, 1.54) is 26.0 Å². The second kappa shape index (κ2) is 10.8. The van der Waals surface area contributed by atoms with Crippen molar-refractivity contribution in [3.8, 4) is 16.9 Å². The Balaban J connectivity index is 1.77. The van der Waals surface area contributed by atoms with E-state index in [0.29, 0.717) is 35.3 Å². The lowest BCUT2D eigenvalue weighted by Gasteiger charge is -2.19. The molecule has 8 heteroatoms. The van der Waals surface area contributed by atoms with Gasteiger partial charge in [0.15, 0.2) is 5.78 Å². The topological polar surface area (TPSA) is 84.5 Å². The zero-order valence-corrected chi connectivity index (χ0v) is 20.1. The van der Waals surface area contributed by atoms with Gasteiger partial charge in [0.25, 0.3) is 0 Å². The fourth-order valence-electron chi connectivity index (χ4n) is 3.94. The van der Waals surface area contributed by atoms with Crippen molar-refractivity contribution in [2.24, 2.45) is 0 Å². The first-order valence-corrected chi connectivity index (χ1v) is 12.2. The van der Waals surface area contributed by atoms with Gasteiger partial charge in [-0.15, -0.1) is 0 Å². The van der Waals surface area contributed by atoms with E-state index in [1.54, 1.807) is 17.8 Å². The summed E-state index contributed by atoms with van der Waals surface area (Å²) in [6, 6.07) is 7.56. The van der Waals surface area contributed by atoms with Crippen molar-refractivity contribution in [3.05, 3.63) is 52.8 Å². The van der Waals surface area contributed by atoms with Gasteiger partial charge in [0.1, 0.15) is 23.7 Å². The Morgan fingerprint density at radius 3 is 2.61 bits per heavy atom. The predicted octanol–water partition coefficient (Wildman–Crippen LogP) is 3.68. The lowest BCUT2D eigenvalue weighted by Crippen LogP contribution is -2.48. The lowest BCUT2D eigenvalue weighted by molar-refractivity contribution is -0.128. The molecule has 0 radical (unpaired) electrons. The molecule has 0 spiro atoms. The molecule has 2 N–H and O–H groups in total. The summed E-state index contributed by atoms with van der Waals surface area (Å²) in [7, 11) is 0. The van der Waals surface area contributed by atoms with E-state index in [-0.39, 0.29) is 30.2 Å². The normalized spacial score (nSPS) is 15.4. The van der Waals surface area contributed by atoms with Gasteiger partial charge in [0.05, 0.1) is 6.54 Å². The third-order valence-electron chi connectivity index (χ3n) is 5.51. The number of nitrogens with one attached hydrogen (secondary N) is 2. The highest BCUT2D eigenvalue weighted by Gasteiger charge is 2.29. The maximum Gasteiger partial charge on any atom is 0.242 e. The molecule has 0 fully saturated rings. The van der Waals surface area contributed by atoms with Crippen LogP contribution in [0.4, 0.5) is 4.39 Å². The zero-order chi connectivity index (χ0) is 24.1. The number of carbonyl (C=O) groups excluding carboxylic acids is 3. The molecule has 2 amide bonds. The SMILES string of the molecule is CSCC[C@H](NC(C)=O)C(=O)NC[C@@H]1Cc2cc(C)cc(-c3cc(C(C)=O)ccc3F)c2O1. The number of benzene rings is 2. The van der Waals surface area contributed by atoms with Gasteiger partial charge in [0, 0.05) is 30.0 Å². The summed E-state index contributed by atoms with van der Waals surface area (Å²) in [6.07, 6.45) is 2.73. The first-order chi connectivity index (χ1) is 15.7. The van der Waals surface area contributed by atoms with Crippen LogP contribution in [-0.4, -0.2) is 48.3 Å². The Kier molecular flexibility index (Phi) is 8.13. The number of thioether (sulfide) groups is 1. The predicted molar refractivity (Wildman–Crippen MR) is 128 cm³/mol. The Morgan fingerprint density at radius 2 is 1.94 bits per heavy atom. The van der Waals surface area contributed by atoms with Crippen LogP contribution in [-0.2, 0) is 16.0 Å². The molecule has 33 heavy (non-hydrogen) atoms. The molecule has 0 aromatic heterocycles. The molecule has 176 valence electrons. The Labute approximate surface area is 197 Å². The van der Waals surface area contributed by atoms with E-state index < -0.39 is 11.9 Å². The molecule has 2 aromatic carbocycles. The van der Waals surface area contributed by atoms with Crippen molar-refractivity contribution < 1.29 is 23.5 Å². The van der Waals surface area contributed by atoms with Crippen LogP contribution in [0.2, 0.25) is 0 Å². The number of ether oxygens (including phenoxy) is 1. The number of amides is 2. The third kappa shape index (κ3) is 6.13. The van der Waals surface area contributed by atoms with Gasteiger partial charge in [0.2, 0.25) is 11.8 Å². The average molecular weight is 473 g/mol. The summed E-state index contributed by atoms with van der Waals surface area (Å²) in [4.78, 5) is 35.9. The minimum Gasteiger partial charge on any atom is -0.487 e. The molecule has 6 nitrogen and oxygen atoms in total. The van der Waals surface area contributed by atoms with Gasteiger partial charge in [-0.2, -0.15) is 11.8 Å². The van der Waals surface area contributed by atoms with Crippen molar-refractivity contribution in [2.45, 2.75) is 45.8 Å². The number of fused-ring (bicyclic) bond motifs is 1. The van der Waals surface area contributed by atoms with Crippen LogP contribution in [0.15, 0.2) is 30.3 Å². The van der Waals surface area contributed by atoms with Gasteiger partial charge < -0.3 is 15.4 Å². The molecular weight excluding hydrogens is 443 g/mol. The standard InChI is InChI=1S/C25H29FN2O4S/c1-14-9-18-11-19(13-27-25(31)23(7-8-33-4)28-16(3)30)32-24(18)21(10-14)20-12-17(15(2)29)5-6-22(20)26/h5-6,9-10,12,19,23H,7-8,11,13H2,1-4H3,(H,27,31)(H,28,30)/t19-,23-/m0/s1. The number of rotatable bonds is 9. The first kappa shape index (κ1) is 24.8. The molecule has 0 saturated heterocycles. The summed E-state index contributed by atoms with van der Waals surface area (Å²) in [6.45, 7) is 5.02. The fraction of sp³-hybridized carbons (Fsp3) is 0.400.